The van der Waals surface area contributed by atoms with Gasteiger partial charge >= 0.3 is 18.3 Å². The molecule has 0 fully saturated rings. The van der Waals surface area contributed by atoms with Crippen molar-refractivity contribution >= 4 is 33.6 Å². The molecule has 0 spiro atoms. The van der Waals surface area contributed by atoms with Crippen LogP contribution in [0.15, 0.2) is 71.6 Å². The predicted molar refractivity (Wildman–Crippen MR) is 122 cm³/mol. The standard InChI is InChI=1S/C23H17F6NO4S2/c1-14-7-10-18(12-19(14)21(31)32)36(33,34)30(17-5-3-2-4-6-17)35-13-15-8-9-16(22(24,25)26)11-20(15)23(27,28)29/h2-12H,13H2,1H3,(H,31,32). The Morgan fingerprint density at radius 1 is 0.917 bits per heavy atom. The molecule has 3 rings (SSSR count). The van der Waals surface area contributed by atoms with Crippen LogP contribution in [0.5, 0.6) is 0 Å². The first-order valence-corrected chi connectivity index (χ1v) is 12.3. The summed E-state index contributed by atoms with van der Waals surface area (Å²) in [5.41, 5.74) is -3.54. The number of anilines is 1. The van der Waals surface area contributed by atoms with Crippen molar-refractivity contribution in [3.05, 3.63) is 94.5 Å². The molecule has 1 N–H and O–H groups in total. The van der Waals surface area contributed by atoms with Crippen LogP contribution in [0, 0.1) is 6.92 Å². The third kappa shape index (κ3) is 5.95. The van der Waals surface area contributed by atoms with Crippen molar-refractivity contribution in [3.8, 4) is 0 Å². The van der Waals surface area contributed by atoms with E-state index in [1.807, 2.05) is 0 Å². The Labute approximate surface area is 206 Å². The quantitative estimate of drug-likeness (QED) is 0.260. The number of carbonyl (C=O) groups is 1. The fourth-order valence-corrected chi connectivity index (χ4v) is 6.04. The minimum atomic E-state index is -5.12. The van der Waals surface area contributed by atoms with Crippen LogP contribution in [0.1, 0.15) is 32.6 Å². The minimum Gasteiger partial charge on any atom is -0.478 e. The number of halogens is 6. The third-order valence-electron chi connectivity index (χ3n) is 5.00. The van der Waals surface area contributed by atoms with Crippen LogP contribution < -0.4 is 3.71 Å². The number of hydrogen-bond donors (Lipinski definition) is 1. The van der Waals surface area contributed by atoms with Gasteiger partial charge in [0.15, 0.2) is 0 Å². The minimum absolute atomic E-state index is 0.0175. The summed E-state index contributed by atoms with van der Waals surface area (Å²) >= 11 is 0.408. The van der Waals surface area contributed by atoms with E-state index in [2.05, 4.69) is 0 Å². The Bertz CT molecular complexity index is 1370. The van der Waals surface area contributed by atoms with Crippen molar-refractivity contribution < 1.29 is 44.7 Å². The number of aryl methyl sites for hydroxylation is 1. The lowest BCUT2D eigenvalue weighted by Gasteiger charge is -2.24. The molecule has 0 heterocycles. The van der Waals surface area contributed by atoms with Crippen molar-refractivity contribution in [1.82, 2.24) is 0 Å². The number of sulfonamides is 1. The average molecular weight is 550 g/mol. The van der Waals surface area contributed by atoms with E-state index in [9.17, 15) is 44.7 Å². The van der Waals surface area contributed by atoms with Gasteiger partial charge in [-0.2, -0.15) is 26.3 Å². The van der Waals surface area contributed by atoms with Gasteiger partial charge in [0.2, 0.25) is 0 Å². The lowest BCUT2D eigenvalue weighted by Crippen LogP contribution is -2.25. The highest BCUT2D eigenvalue weighted by Gasteiger charge is 2.38. The molecule has 0 radical (unpaired) electrons. The average Bonchev–Trinajstić information content (AvgIpc) is 2.78. The molecular formula is C23H17F6NO4S2. The molecule has 0 saturated heterocycles. The number of para-hydroxylation sites is 1. The van der Waals surface area contributed by atoms with Crippen LogP contribution in [0.2, 0.25) is 0 Å². The zero-order valence-corrected chi connectivity index (χ0v) is 19.9. The molecule has 3 aromatic rings. The molecule has 0 aliphatic heterocycles. The van der Waals surface area contributed by atoms with E-state index < -0.39 is 55.7 Å². The molecule has 0 aliphatic rings. The zero-order chi connectivity index (χ0) is 26.9. The van der Waals surface area contributed by atoms with E-state index in [-0.39, 0.29) is 17.3 Å². The molecule has 36 heavy (non-hydrogen) atoms. The van der Waals surface area contributed by atoms with Gasteiger partial charge in [0.1, 0.15) is 0 Å². The van der Waals surface area contributed by atoms with Crippen LogP contribution in [0.25, 0.3) is 0 Å². The summed E-state index contributed by atoms with van der Waals surface area (Å²) in [4.78, 5) is 11.1. The summed E-state index contributed by atoms with van der Waals surface area (Å²) in [5.74, 6) is -2.03. The Kier molecular flexibility index (Phi) is 7.65. The van der Waals surface area contributed by atoms with Gasteiger partial charge in [0, 0.05) is 5.75 Å². The van der Waals surface area contributed by atoms with Gasteiger partial charge in [0.05, 0.1) is 27.3 Å². The van der Waals surface area contributed by atoms with Crippen LogP contribution in [-0.2, 0) is 28.1 Å². The number of rotatable bonds is 7. The molecule has 0 amide bonds. The molecule has 0 bridgehead atoms. The maximum atomic E-state index is 13.6. The first-order chi connectivity index (χ1) is 16.6. The van der Waals surface area contributed by atoms with Crippen LogP contribution >= 0.6 is 11.9 Å². The van der Waals surface area contributed by atoms with Crippen molar-refractivity contribution in [2.75, 3.05) is 3.71 Å². The van der Waals surface area contributed by atoms with Gasteiger partial charge in [-0.1, -0.05) is 30.3 Å². The Morgan fingerprint density at radius 3 is 2.11 bits per heavy atom. The Hall–Kier alpha value is -3.19. The van der Waals surface area contributed by atoms with Crippen LogP contribution in [-0.4, -0.2) is 19.5 Å². The lowest BCUT2D eigenvalue weighted by atomic mass is 10.0. The molecule has 0 atom stereocenters. The maximum Gasteiger partial charge on any atom is 0.416 e. The van der Waals surface area contributed by atoms with E-state index in [0.29, 0.717) is 33.4 Å². The molecule has 192 valence electrons. The van der Waals surface area contributed by atoms with Crippen molar-refractivity contribution in [1.29, 1.82) is 0 Å². The molecule has 0 aliphatic carbocycles. The number of carboxylic acids is 1. The highest BCUT2D eigenvalue weighted by Crippen LogP contribution is 2.40. The number of alkyl halides is 6. The van der Waals surface area contributed by atoms with Gasteiger partial charge in [-0.15, -0.1) is 0 Å². The lowest BCUT2D eigenvalue weighted by molar-refractivity contribution is -0.143. The molecule has 0 aromatic heterocycles. The molecular weight excluding hydrogens is 532 g/mol. The SMILES string of the molecule is Cc1ccc(S(=O)(=O)N(SCc2ccc(C(F)(F)F)cc2C(F)(F)F)c2ccccc2)cc1C(=O)O. The van der Waals surface area contributed by atoms with Gasteiger partial charge < -0.3 is 5.11 Å². The van der Waals surface area contributed by atoms with E-state index in [1.54, 1.807) is 6.07 Å². The first kappa shape index (κ1) is 27.4. The van der Waals surface area contributed by atoms with E-state index in [4.69, 9.17) is 0 Å². The van der Waals surface area contributed by atoms with Crippen molar-refractivity contribution in [2.45, 2.75) is 29.9 Å². The number of benzene rings is 3. The van der Waals surface area contributed by atoms with Crippen molar-refractivity contribution in [2.24, 2.45) is 0 Å². The van der Waals surface area contributed by atoms with Gasteiger partial charge in [-0.3, -0.25) is 0 Å². The molecule has 13 heteroatoms. The second kappa shape index (κ2) is 10.1. The summed E-state index contributed by atoms with van der Waals surface area (Å²) in [6.07, 6.45) is -10.1. The highest BCUT2D eigenvalue weighted by molar-refractivity contribution is 8.14. The number of hydrogen-bond acceptors (Lipinski definition) is 4. The topological polar surface area (TPSA) is 74.7 Å². The summed E-state index contributed by atoms with van der Waals surface area (Å²) in [7, 11) is -4.51. The molecule has 5 nitrogen and oxygen atoms in total. The fourth-order valence-electron chi connectivity index (χ4n) is 3.19. The first-order valence-electron chi connectivity index (χ1n) is 9.97. The van der Waals surface area contributed by atoms with Crippen molar-refractivity contribution in [3.63, 3.8) is 0 Å². The summed E-state index contributed by atoms with van der Waals surface area (Å²) in [6, 6.07) is 11.8. The largest absolute Gasteiger partial charge is 0.478 e. The van der Waals surface area contributed by atoms with Crippen LogP contribution in [0.4, 0.5) is 32.0 Å². The Balaban J connectivity index is 2.06. The third-order valence-corrected chi connectivity index (χ3v) is 8.29. The molecule has 0 saturated carbocycles. The molecule has 3 aromatic carbocycles. The second-order valence-electron chi connectivity index (χ2n) is 7.49. The summed E-state index contributed by atoms with van der Waals surface area (Å²) in [6.45, 7) is 1.47. The zero-order valence-electron chi connectivity index (χ0n) is 18.3. The maximum absolute atomic E-state index is 13.6. The normalized spacial score (nSPS) is 12.4. The summed E-state index contributed by atoms with van der Waals surface area (Å²) < 4.78 is 107. The van der Waals surface area contributed by atoms with E-state index in [1.165, 1.54) is 37.3 Å². The summed E-state index contributed by atoms with van der Waals surface area (Å²) in [5, 5.41) is 9.35. The van der Waals surface area contributed by atoms with Gasteiger partial charge in [-0.25, -0.2) is 16.9 Å². The Morgan fingerprint density at radius 2 is 1.56 bits per heavy atom. The van der Waals surface area contributed by atoms with E-state index >= 15 is 0 Å². The monoisotopic (exact) mass is 549 g/mol. The number of aromatic carboxylic acids is 1. The number of carboxylic acid groups (broad SMARTS) is 1. The van der Waals surface area contributed by atoms with Gasteiger partial charge in [-0.05, 0) is 66.4 Å². The fraction of sp³-hybridized carbons (Fsp3) is 0.174. The smallest absolute Gasteiger partial charge is 0.416 e. The van der Waals surface area contributed by atoms with Gasteiger partial charge in [0.25, 0.3) is 10.0 Å². The van der Waals surface area contributed by atoms with E-state index in [0.717, 1.165) is 12.1 Å². The van der Waals surface area contributed by atoms with Crippen LogP contribution in [0.3, 0.4) is 0 Å². The second-order valence-corrected chi connectivity index (χ2v) is 10.4. The molecule has 0 unspecified atom stereocenters. The highest BCUT2D eigenvalue weighted by atomic mass is 32.3. The predicted octanol–water partition coefficient (Wildman–Crippen LogP) is 6.77. The number of nitrogens with zero attached hydrogens (tertiary/aromatic N) is 1.